The summed E-state index contributed by atoms with van der Waals surface area (Å²) in [5.41, 5.74) is 3.43. The zero-order chi connectivity index (χ0) is 18.5. The van der Waals surface area contributed by atoms with Crippen molar-refractivity contribution in [3.05, 3.63) is 82.3 Å². The minimum Gasteiger partial charge on any atom is -0.503 e. The number of aromatic hydroxyl groups is 1. The monoisotopic (exact) mass is 365 g/mol. The molecule has 0 aliphatic heterocycles. The lowest BCUT2D eigenvalue weighted by molar-refractivity contribution is 0.0917. The number of amides is 1. The molecule has 3 aromatic rings. The van der Waals surface area contributed by atoms with Crippen LogP contribution in [-0.2, 0) is 6.42 Å². The Morgan fingerprint density at radius 2 is 1.73 bits per heavy atom. The van der Waals surface area contributed by atoms with Crippen molar-refractivity contribution in [2.24, 2.45) is 0 Å². The van der Waals surface area contributed by atoms with Crippen LogP contribution in [-0.4, -0.2) is 17.6 Å². The number of hydrogen-bond donors (Lipinski definition) is 2. The molecule has 0 spiro atoms. The maximum atomic E-state index is 12.2. The van der Waals surface area contributed by atoms with E-state index in [0.29, 0.717) is 18.7 Å². The van der Waals surface area contributed by atoms with Gasteiger partial charge in [-0.3, -0.25) is 4.79 Å². The molecule has 132 valence electrons. The summed E-state index contributed by atoms with van der Waals surface area (Å²) in [5.74, 6) is -0.433. The van der Waals surface area contributed by atoms with Crippen LogP contribution in [0, 0.1) is 11.4 Å². The standard InChI is InChI=1S/C21H19NO3S/c1-14-13-18(26)19(23)20(25-14)21(24)22-12-11-15-7-9-17(10-8-15)16-5-3-2-4-6-16/h2-10,13,23H,11-12H2,1H3,(H,22,24). The maximum Gasteiger partial charge on any atom is 0.290 e. The molecule has 0 saturated heterocycles. The summed E-state index contributed by atoms with van der Waals surface area (Å²) in [5, 5.41) is 12.6. The Labute approximate surface area is 157 Å². The minimum absolute atomic E-state index is 0.144. The van der Waals surface area contributed by atoms with E-state index in [2.05, 4.69) is 29.6 Å². The topological polar surface area (TPSA) is 62.5 Å². The van der Waals surface area contributed by atoms with Gasteiger partial charge in [-0.2, -0.15) is 0 Å². The highest BCUT2D eigenvalue weighted by atomic mass is 32.1. The van der Waals surface area contributed by atoms with E-state index in [0.717, 1.165) is 11.1 Å². The van der Waals surface area contributed by atoms with E-state index < -0.39 is 5.91 Å². The summed E-state index contributed by atoms with van der Waals surface area (Å²) in [4.78, 5) is 12.2. The van der Waals surface area contributed by atoms with Gasteiger partial charge in [-0.1, -0.05) is 66.8 Å². The first-order valence-electron chi connectivity index (χ1n) is 8.31. The van der Waals surface area contributed by atoms with Crippen molar-refractivity contribution in [1.29, 1.82) is 0 Å². The van der Waals surface area contributed by atoms with Crippen molar-refractivity contribution < 1.29 is 14.3 Å². The van der Waals surface area contributed by atoms with Crippen molar-refractivity contribution in [2.75, 3.05) is 6.54 Å². The Hall–Kier alpha value is -2.92. The zero-order valence-electron chi connectivity index (χ0n) is 14.4. The van der Waals surface area contributed by atoms with E-state index in [4.69, 9.17) is 16.6 Å². The van der Waals surface area contributed by atoms with Gasteiger partial charge >= 0.3 is 0 Å². The van der Waals surface area contributed by atoms with Gasteiger partial charge < -0.3 is 14.8 Å². The number of nitrogens with one attached hydrogen (secondary N) is 1. The van der Waals surface area contributed by atoms with Crippen LogP contribution in [0.25, 0.3) is 11.1 Å². The third-order valence-electron chi connectivity index (χ3n) is 4.01. The van der Waals surface area contributed by atoms with E-state index in [-0.39, 0.29) is 16.0 Å². The molecule has 1 amide bonds. The Morgan fingerprint density at radius 3 is 2.42 bits per heavy atom. The Balaban J connectivity index is 1.60. The Kier molecular flexibility index (Phi) is 5.49. The molecule has 0 fully saturated rings. The third-order valence-corrected chi connectivity index (χ3v) is 4.32. The van der Waals surface area contributed by atoms with Crippen LogP contribution in [0.5, 0.6) is 5.75 Å². The predicted molar refractivity (Wildman–Crippen MR) is 104 cm³/mol. The average molecular weight is 365 g/mol. The lowest BCUT2D eigenvalue weighted by Crippen LogP contribution is -2.25. The molecular weight excluding hydrogens is 346 g/mol. The molecule has 0 aliphatic rings. The van der Waals surface area contributed by atoms with Crippen molar-refractivity contribution in [1.82, 2.24) is 5.32 Å². The van der Waals surface area contributed by atoms with Crippen LogP contribution in [0.2, 0.25) is 0 Å². The van der Waals surface area contributed by atoms with Gasteiger partial charge in [0.1, 0.15) is 5.76 Å². The predicted octanol–water partition coefficient (Wildman–Crippen LogP) is 4.66. The molecule has 4 nitrogen and oxygen atoms in total. The smallest absolute Gasteiger partial charge is 0.290 e. The van der Waals surface area contributed by atoms with E-state index in [1.165, 1.54) is 11.6 Å². The molecule has 1 aromatic heterocycles. The fourth-order valence-electron chi connectivity index (χ4n) is 2.65. The van der Waals surface area contributed by atoms with Crippen LogP contribution in [0.3, 0.4) is 0 Å². The minimum atomic E-state index is -0.474. The highest BCUT2D eigenvalue weighted by molar-refractivity contribution is 7.71. The molecule has 3 rings (SSSR count). The summed E-state index contributed by atoms with van der Waals surface area (Å²) < 4.78 is 5.49. The van der Waals surface area contributed by atoms with E-state index in [1.807, 2.05) is 30.3 Å². The lowest BCUT2D eigenvalue weighted by Gasteiger charge is -2.08. The van der Waals surface area contributed by atoms with Gasteiger partial charge in [0.05, 0.1) is 4.51 Å². The van der Waals surface area contributed by atoms with Gasteiger partial charge in [0.15, 0.2) is 5.75 Å². The van der Waals surface area contributed by atoms with E-state index in [1.54, 1.807) is 6.92 Å². The van der Waals surface area contributed by atoms with Crippen molar-refractivity contribution in [3.63, 3.8) is 0 Å². The van der Waals surface area contributed by atoms with Gasteiger partial charge in [-0.15, -0.1) is 0 Å². The Bertz CT molecular complexity index is 963. The summed E-state index contributed by atoms with van der Waals surface area (Å²) in [6.45, 7) is 2.11. The molecule has 5 heteroatoms. The summed E-state index contributed by atoms with van der Waals surface area (Å²) in [7, 11) is 0. The largest absolute Gasteiger partial charge is 0.503 e. The number of benzene rings is 2. The van der Waals surface area contributed by atoms with E-state index in [9.17, 15) is 9.90 Å². The lowest BCUT2D eigenvalue weighted by atomic mass is 10.0. The molecule has 1 heterocycles. The molecule has 0 bridgehead atoms. The number of rotatable bonds is 5. The first-order chi connectivity index (χ1) is 12.5. The van der Waals surface area contributed by atoms with E-state index >= 15 is 0 Å². The molecular formula is C21H19NO3S. The van der Waals surface area contributed by atoms with Crippen LogP contribution in [0.4, 0.5) is 0 Å². The first kappa shape index (κ1) is 17.9. The second-order valence-electron chi connectivity index (χ2n) is 5.97. The van der Waals surface area contributed by atoms with Gasteiger partial charge in [0.25, 0.3) is 5.91 Å². The molecule has 26 heavy (non-hydrogen) atoms. The summed E-state index contributed by atoms with van der Waals surface area (Å²) >= 11 is 5.00. The van der Waals surface area contributed by atoms with Crippen LogP contribution in [0.15, 0.2) is 65.1 Å². The fraction of sp³-hybridized carbons (Fsp3) is 0.143. The van der Waals surface area contributed by atoms with Gasteiger partial charge in [0.2, 0.25) is 5.76 Å². The molecule has 2 aromatic carbocycles. The number of aryl methyl sites for hydroxylation is 1. The van der Waals surface area contributed by atoms with Crippen LogP contribution >= 0.6 is 12.2 Å². The van der Waals surface area contributed by atoms with Crippen LogP contribution < -0.4 is 5.32 Å². The molecule has 0 atom stereocenters. The maximum absolute atomic E-state index is 12.2. The number of carbonyl (C=O) groups excluding carboxylic acids is 1. The highest BCUT2D eigenvalue weighted by Crippen LogP contribution is 2.21. The molecule has 0 unspecified atom stereocenters. The normalized spacial score (nSPS) is 10.5. The van der Waals surface area contributed by atoms with Gasteiger partial charge in [-0.05, 0) is 36.1 Å². The number of carbonyl (C=O) groups is 1. The second-order valence-corrected chi connectivity index (χ2v) is 6.41. The SMILES string of the molecule is Cc1cc(=S)c(O)c(C(=O)NCCc2ccc(-c3ccccc3)cc2)o1. The van der Waals surface area contributed by atoms with Crippen molar-refractivity contribution >= 4 is 18.1 Å². The zero-order valence-corrected chi connectivity index (χ0v) is 15.2. The quantitative estimate of drug-likeness (QED) is 0.646. The van der Waals surface area contributed by atoms with Crippen molar-refractivity contribution in [3.8, 4) is 16.9 Å². The highest BCUT2D eigenvalue weighted by Gasteiger charge is 2.15. The molecule has 0 radical (unpaired) electrons. The third kappa shape index (κ3) is 4.18. The fourth-order valence-corrected chi connectivity index (χ4v) is 2.91. The molecule has 0 aliphatic carbocycles. The number of hydrogen-bond acceptors (Lipinski definition) is 4. The second kappa shape index (κ2) is 7.97. The molecule has 0 saturated carbocycles. The Morgan fingerprint density at radius 1 is 1.08 bits per heavy atom. The van der Waals surface area contributed by atoms with Gasteiger partial charge in [0, 0.05) is 6.54 Å². The van der Waals surface area contributed by atoms with Gasteiger partial charge in [-0.25, -0.2) is 0 Å². The average Bonchev–Trinajstić information content (AvgIpc) is 2.66. The van der Waals surface area contributed by atoms with Crippen LogP contribution in [0.1, 0.15) is 21.9 Å². The summed E-state index contributed by atoms with van der Waals surface area (Å²) in [6.07, 6.45) is 0.675. The first-order valence-corrected chi connectivity index (χ1v) is 8.71. The molecule has 2 N–H and O–H groups in total. The van der Waals surface area contributed by atoms with Crippen molar-refractivity contribution in [2.45, 2.75) is 13.3 Å². The summed E-state index contributed by atoms with van der Waals surface area (Å²) in [6, 6.07) is 19.9.